The number of ketones is 1. The van der Waals surface area contributed by atoms with Gasteiger partial charge in [-0.2, -0.15) is 0 Å². The van der Waals surface area contributed by atoms with Crippen LogP contribution in [0.3, 0.4) is 0 Å². The van der Waals surface area contributed by atoms with Crippen molar-refractivity contribution in [2.75, 3.05) is 14.1 Å². The molecule has 0 radical (unpaired) electrons. The van der Waals surface area contributed by atoms with Gasteiger partial charge in [-0.25, -0.2) is 9.78 Å². The highest BCUT2D eigenvalue weighted by Crippen LogP contribution is 2.29. The normalized spacial score (nSPS) is 11.2. The van der Waals surface area contributed by atoms with Gasteiger partial charge in [0, 0.05) is 49.5 Å². The fraction of sp³-hybridized carbons (Fsp3) is 0.152. The van der Waals surface area contributed by atoms with Gasteiger partial charge in [0.25, 0.3) is 0 Å². The summed E-state index contributed by atoms with van der Waals surface area (Å²) in [6.45, 7) is 3.00. The molecule has 0 fully saturated rings. The minimum atomic E-state index is -0.236. The Labute approximate surface area is 237 Å². The molecule has 8 heteroatoms. The van der Waals surface area contributed by atoms with E-state index in [1.807, 2.05) is 85.8 Å². The van der Waals surface area contributed by atoms with E-state index < -0.39 is 0 Å². The number of imidazole rings is 1. The van der Waals surface area contributed by atoms with Crippen molar-refractivity contribution in [2.45, 2.75) is 20.1 Å². The Kier molecular flexibility index (Phi) is 6.81. The van der Waals surface area contributed by atoms with Crippen LogP contribution in [0.5, 0.6) is 5.75 Å². The largest absolute Gasteiger partial charge is 0.489 e. The van der Waals surface area contributed by atoms with Crippen LogP contribution in [0.1, 0.15) is 32.9 Å². The first-order valence-electron chi connectivity index (χ1n) is 13.3. The van der Waals surface area contributed by atoms with Crippen molar-refractivity contribution in [1.29, 1.82) is 0 Å². The van der Waals surface area contributed by atoms with E-state index in [2.05, 4.69) is 14.5 Å². The second-order valence-corrected chi connectivity index (χ2v) is 10.2. The second kappa shape index (κ2) is 10.7. The first kappa shape index (κ1) is 26.0. The number of hydrogen-bond acceptors (Lipinski definition) is 5. The molecule has 41 heavy (non-hydrogen) atoms. The molecule has 0 aliphatic rings. The Bertz CT molecular complexity index is 1890. The summed E-state index contributed by atoms with van der Waals surface area (Å²) in [5.41, 5.74) is 5.58. The molecule has 1 amide bonds. The molecule has 204 valence electrons. The van der Waals surface area contributed by atoms with Gasteiger partial charge in [-0.1, -0.05) is 54.6 Å². The number of pyridine rings is 1. The third kappa shape index (κ3) is 5.07. The minimum absolute atomic E-state index is 0.164. The summed E-state index contributed by atoms with van der Waals surface area (Å²) in [7, 11) is 3.38. The van der Waals surface area contributed by atoms with Gasteiger partial charge in [0.2, 0.25) is 0 Å². The number of amides is 1. The average Bonchev–Trinajstić information content (AvgIpc) is 3.53. The topological polar surface area (TPSA) is 82.2 Å². The first-order chi connectivity index (χ1) is 19.9. The zero-order chi connectivity index (χ0) is 28.5. The molecule has 0 N–H and O–H groups in total. The van der Waals surface area contributed by atoms with Crippen molar-refractivity contribution in [2.24, 2.45) is 0 Å². The van der Waals surface area contributed by atoms with Crippen LogP contribution in [0.4, 0.5) is 4.79 Å². The van der Waals surface area contributed by atoms with Crippen molar-refractivity contribution in [3.8, 4) is 5.75 Å². The third-order valence-electron chi connectivity index (χ3n) is 7.16. The number of ether oxygens (including phenoxy) is 1. The van der Waals surface area contributed by atoms with Crippen LogP contribution in [-0.2, 0) is 13.2 Å². The van der Waals surface area contributed by atoms with Crippen molar-refractivity contribution < 1.29 is 14.3 Å². The third-order valence-corrected chi connectivity index (χ3v) is 7.16. The first-order valence-corrected chi connectivity index (χ1v) is 13.3. The molecular formula is C33H29N5O3. The molecule has 8 nitrogen and oxygen atoms in total. The lowest BCUT2D eigenvalue weighted by Gasteiger charge is -2.12. The number of aromatic nitrogens is 4. The molecule has 0 aliphatic carbocycles. The molecule has 0 spiro atoms. The van der Waals surface area contributed by atoms with Crippen LogP contribution >= 0.6 is 0 Å². The number of aryl methyl sites for hydroxylation is 1. The monoisotopic (exact) mass is 543 g/mol. The van der Waals surface area contributed by atoms with E-state index in [1.54, 1.807) is 32.7 Å². The standard InChI is InChI=1S/C33H29N5O3/c1-22-35-29-18-34-16-15-31(29)37(22)19-23-9-11-25(12-10-23)32(39)28-20-38(33(40)36(2)3)30-14-13-26(17-27(28)30)41-21-24-7-5-4-6-8-24/h4-18,20H,19,21H2,1-3H3. The Hall–Kier alpha value is -5.24. The van der Waals surface area contributed by atoms with Gasteiger partial charge in [0.15, 0.2) is 5.78 Å². The van der Waals surface area contributed by atoms with Gasteiger partial charge in [-0.05, 0) is 42.3 Å². The molecule has 0 atom stereocenters. The van der Waals surface area contributed by atoms with E-state index in [9.17, 15) is 9.59 Å². The van der Waals surface area contributed by atoms with Crippen LogP contribution in [0.15, 0.2) is 97.5 Å². The molecule has 3 aromatic carbocycles. The number of benzene rings is 3. The van der Waals surface area contributed by atoms with Gasteiger partial charge in [-0.15, -0.1) is 0 Å². The van der Waals surface area contributed by atoms with E-state index in [-0.39, 0.29) is 11.8 Å². The summed E-state index contributed by atoms with van der Waals surface area (Å²) in [6, 6.07) is 24.7. The summed E-state index contributed by atoms with van der Waals surface area (Å²) in [5, 5.41) is 0.661. The molecule has 0 unspecified atom stereocenters. The molecule has 0 saturated carbocycles. The lowest BCUT2D eigenvalue weighted by atomic mass is 10.0. The SMILES string of the molecule is Cc1nc2cnccc2n1Cc1ccc(C(=O)c2cn(C(=O)N(C)C)c3ccc(OCc4ccccc4)cc23)cc1. The number of rotatable bonds is 7. The van der Waals surface area contributed by atoms with Crippen molar-refractivity contribution in [3.05, 3.63) is 126 Å². The summed E-state index contributed by atoms with van der Waals surface area (Å²) in [5.74, 6) is 1.36. The summed E-state index contributed by atoms with van der Waals surface area (Å²) in [6.07, 6.45) is 5.15. The molecule has 3 aromatic heterocycles. The van der Waals surface area contributed by atoms with Crippen molar-refractivity contribution in [3.63, 3.8) is 0 Å². The minimum Gasteiger partial charge on any atom is -0.489 e. The summed E-state index contributed by atoms with van der Waals surface area (Å²) >= 11 is 0. The molecule has 0 saturated heterocycles. The predicted octanol–water partition coefficient (Wildman–Crippen LogP) is 6.08. The molecule has 3 heterocycles. The number of carbonyl (C=O) groups is 2. The van der Waals surface area contributed by atoms with Crippen LogP contribution in [0, 0.1) is 6.92 Å². The molecule has 6 rings (SSSR count). The maximum atomic E-state index is 13.8. The second-order valence-electron chi connectivity index (χ2n) is 10.2. The van der Waals surface area contributed by atoms with E-state index in [4.69, 9.17) is 4.74 Å². The van der Waals surface area contributed by atoms with Crippen LogP contribution in [-0.4, -0.2) is 49.9 Å². The molecule has 0 bridgehead atoms. The quantitative estimate of drug-likeness (QED) is 0.228. The number of fused-ring (bicyclic) bond motifs is 2. The Morgan fingerprint density at radius 1 is 0.902 bits per heavy atom. The van der Waals surface area contributed by atoms with E-state index in [0.29, 0.717) is 40.9 Å². The van der Waals surface area contributed by atoms with Crippen molar-refractivity contribution >= 4 is 33.8 Å². The predicted molar refractivity (Wildman–Crippen MR) is 158 cm³/mol. The molecular weight excluding hydrogens is 514 g/mol. The highest BCUT2D eigenvalue weighted by atomic mass is 16.5. The highest BCUT2D eigenvalue weighted by molar-refractivity contribution is 6.17. The molecule has 0 aliphatic heterocycles. The maximum absolute atomic E-state index is 13.8. The van der Waals surface area contributed by atoms with Gasteiger partial charge in [-0.3, -0.25) is 14.3 Å². The Morgan fingerprint density at radius 3 is 2.44 bits per heavy atom. The maximum Gasteiger partial charge on any atom is 0.328 e. The zero-order valence-corrected chi connectivity index (χ0v) is 23.1. The number of hydrogen-bond donors (Lipinski definition) is 0. The van der Waals surface area contributed by atoms with Gasteiger partial charge < -0.3 is 14.2 Å². The van der Waals surface area contributed by atoms with Gasteiger partial charge in [0.05, 0.1) is 17.2 Å². The van der Waals surface area contributed by atoms with Crippen molar-refractivity contribution in [1.82, 2.24) is 24.0 Å². The number of carbonyl (C=O) groups excluding carboxylic acids is 2. The summed E-state index contributed by atoms with van der Waals surface area (Å²) in [4.78, 5) is 37.0. The number of nitrogens with zero attached hydrogens (tertiary/aromatic N) is 5. The fourth-order valence-electron chi connectivity index (χ4n) is 5.00. The van der Waals surface area contributed by atoms with E-state index in [1.165, 1.54) is 9.47 Å². The van der Waals surface area contributed by atoms with E-state index in [0.717, 1.165) is 28.0 Å². The summed E-state index contributed by atoms with van der Waals surface area (Å²) < 4.78 is 9.68. The Morgan fingerprint density at radius 2 is 1.68 bits per heavy atom. The highest BCUT2D eigenvalue weighted by Gasteiger charge is 2.21. The Balaban J connectivity index is 1.31. The van der Waals surface area contributed by atoms with Crippen LogP contribution in [0.2, 0.25) is 0 Å². The lowest BCUT2D eigenvalue weighted by molar-refractivity contribution is 0.104. The van der Waals surface area contributed by atoms with E-state index >= 15 is 0 Å². The fourth-order valence-corrected chi connectivity index (χ4v) is 5.00. The zero-order valence-electron chi connectivity index (χ0n) is 23.1. The van der Waals surface area contributed by atoms with Gasteiger partial charge >= 0.3 is 6.03 Å². The van der Waals surface area contributed by atoms with Crippen LogP contribution in [0.25, 0.3) is 21.9 Å². The molecule has 6 aromatic rings. The van der Waals surface area contributed by atoms with Crippen LogP contribution < -0.4 is 4.74 Å². The smallest absolute Gasteiger partial charge is 0.328 e. The lowest BCUT2D eigenvalue weighted by Crippen LogP contribution is -2.26. The van der Waals surface area contributed by atoms with Gasteiger partial charge in [0.1, 0.15) is 23.7 Å². The average molecular weight is 544 g/mol.